The molecule has 0 bridgehead atoms. The number of likely N-dealkylation sites (N-methyl/N-ethyl adjacent to an activating group) is 1. The summed E-state index contributed by atoms with van der Waals surface area (Å²) in [7, 11) is 0. The highest BCUT2D eigenvalue weighted by atomic mass is 16.6. The van der Waals surface area contributed by atoms with Gasteiger partial charge in [0.1, 0.15) is 19.7 Å². The molecule has 90 valence electrons. The predicted octanol–water partition coefficient (Wildman–Crippen LogP) is 1.70. The fourth-order valence-electron chi connectivity index (χ4n) is 1.73. The normalized spacial score (nSPS) is 14.6. The van der Waals surface area contributed by atoms with Crippen LogP contribution in [0.1, 0.15) is 12.5 Å². The first-order valence-corrected chi connectivity index (χ1v) is 5.86. The molecule has 4 heteroatoms. The lowest BCUT2D eigenvalue weighted by Crippen LogP contribution is -2.28. The van der Waals surface area contributed by atoms with Crippen LogP contribution in [-0.4, -0.2) is 41.5 Å². The highest BCUT2D eigenvalue weighted by molar-refractivity contribution is 5.81. The predicted molar refractivity (Wildman–Crippen MR) is 65.1 cm³/mol. The largest absolute Gasteiger partial charge is 0.507 e. The van der Waals surface area contributed by atoms with Crippen LogP contribution in [0.15, 0.2) is 30.3 Å². The third kappa shape index (κ3) is 3.06. The van der Waals surface area contributed by atoms with Crippen LogP contribution >= 0.6 is 0 Å². The summed E-state index contributed by atoms with van der Waals surface area (Å²) in [5.74, 6) is 0. The molecule has 1 heterocycles. The standard InChI is InChI=1S/C13H17N2O2/c1-2-14-8-9-15(11-14)13(16)17-10-12-6-4-3-5-7-12/h3-7,11H,2,8-10H2,1H3/q+1. The maximum absolute atomic E-state index is 11.7. The maximum Gasteiger partial charge on any atom is 0.507 e. The van der Waals surface area contributed by atoms with E-state index < -0.39 is 0 Å². The van der Waals surface area contributed by atoms with Gasteiger partial charge in [-0.05, 0) is 12.5 Å². The van der Waals surface area contributed by atoms with Crippen molar-refractivity contribution in [3.8, 4) is 0 Å². The molecule has 0 N–H and O–H groups in total. The second kappa shape index (κ2) is 5.48. The molecule has 0 atom stereocenters. The molecule has 4 nitrogen and oxygen atoms in total. The third-order valence-electron chi connectivity index (χ3n) is 2.78. The first-order valence-electron chi connectivity index (χ1n) is 5.86. The van der Waals surface area contributed by atoms with Gasteiger partial charge >= 0.3 is 6.09 Å². The van der Waals surface area contributed by atoms with Gasteiger partial charge in [-0.2, -0.15) is 9.69 Å². The molecule has 1 aromatic rings. The first kappa shape index (κ1) is 11.6. The number of ether oxygens (including phenoxy) is 1. The third-order valence-corrected chi connectivity index (χ3v) is 2.78. The van der Waals surface area contributed by atoms with Gasteiger partial charge in [-0.15, -0.1) is 0 Å². The van der Waals surface area contributed by atoms with E-state index in [0.717, 1.165) is 18.7 Å². The number of nitrogens with zero attached hydrogens (tertiary/aromatic N) is 2. The van der Waals surface area contributed by atoms with E-state index >= 15 is 0 Å². The number of hydrogen-bond acceptors (Lipinski definition) is 2. The minimum Gasteiger partial charge on any atom is -0.426 e. The van der Waals surface area contributed by atoms with Crippen LogP contribution in [0.5, 0.6) is 0 Å². The zero-order valence-corrected chi connectivity index (χ0v) is 10.0. The minimum atomic E-state index is -0.273. The lowest BCUT2D eigenvalue weighted by molar-refractivity contribution is -0.509. The van der Waals surface area contributed by atoms with E-state index in [2.05, 4.69) is 11.5 Å². The van der Waals surface area contributed by atoms with Crippen LogP contribution in [0, 0.1) is 0 Å². The number of carbonyl (C=O) groups is 1. The topological polar surface area (TPSA) is 32.5 Å². The number of rotatable bonds is 3. The van der Waals surface area contributed by atoms with Gasteiger partial charge in [0.05, 0.1) is 6.54 Å². The Balaban J connectivity index is 1.84. The second-order valence-corrected chi connectivity index (χ2v) is 3.98. The summed E-state index contributed by atoms with van der Waals surface area (Å²) in [6.07, 6.45) is 1.55. The monoisotopic (exact) mass is 233 g/mol. The maximum atomic E-state index is 11.7. The Bertz CT molecular complexity index is 415. The molecular weight excluding hydrogens is 216 g/mol. The van der Waals surface area contributed by atoms with Crippen LogP contribution in [0.25, 0.3) is 0 Å². The Morgan fingerprint density at radius 1 is 1.41 bits per heavy atom. The average Bonchev–Trinajstić information content (AvgIpc) is 2.86. The Morgan fingerprint density at radius 2 is 2.18 bits per heavy atom. The number of benzene rings is 1. The van der Waals surface area contributed by atoms with E-state index in [4.69, 9.17) is 4.74 Å². The van der Waals surface area contributed by atoms with Crippen LogP contribution < -0.4 is 0 Å². The van der Waals surface area contributed by atoms with E-state index in [0.29, 0.717) is 13.2 Å². The summed E-state index contributed by atoms with van der Waals surface area (Å²) in [6.45, 7) is 4.91. The van der Waals surface area contributed by atoms with Crippen molar-refractivity contribution in [2.24, 2.45) is 0 Å². The molecule has 1 aliphatic rings. The van der Waals surface area contributed by atoms with Gasteiger partial charge in [-0.25, -0.2) is 0 Å². The molecule has 0 radical (unpaired) electrons. The summed E-state index contributed by atoms with van der Waals surface area (Å²) in [4.78, 5) is 13.3. The highest BCUT2D eigenvalue weighted by Crippen LogP contribution is 2.04. The van der Waals surface area contributed by atoms with Crippen molar-refractivity contribution in [2.45, 2.75) is 13.5 Å². The van der Waals surface area contributed by atoms with E-state index in [1.165, 1.54) is 0 Å². The molecule has 2 rings (SSSR count). The van der Waals surface area contributed by atoms with Crippen LogP contribution in [-0.2, 0) is 11.3 Å². The molecule has 0 saturated carbocycles. The highest BCUT2D eigenvalue weighted by Gasteiger charge is 2.26. The molecule has 0 spiro atoms. The summed E-state index contributed by atoms with van der Waals surface area (Å²) in [5, 5.41) is 0. The first-order chi connectivity index (χ1) is 8.29. The van der Waals surface area contributed by atoms with Gasteiger partial charge in [-0.1, -0.05) is 30.3 Å². The van der Waals surface area contributed by atoms with Crippen molar-refractivity contribution in [1.29, 1.82) is 0 Å². The van der Waals surface area contributed by atoms with Crippen molar-refractivity contribution < 1.29 is 14.1 Å². The summed E-state index contributed by atoms with van der Waals surface area (Å²) in [5.41, 5.74) is 1.01. The molecule has 1 aromatic carbocycles. The van der Waals surface area contributed by atoms with E-state index in [1.54, 1.807) is 4.90 Å². The van der Waals surface area contributed by atoms with Gasteiger partial charge in [0.15, 0.2) is 0 Å². The molecule has 0 fully saturated rings. The van der Waals surface area contributed by atoms with Crippen molar-refractivity contribution in [3.05, 3.63) is 35.9 Å². The molecule has 0 aliphatic carbocycles. The SMILES string of the molecule is CC[N+]1=CN(C(=O)OCc2ccccc2)CC1. The van der Waals surface area contributed by atoms with Crippen molar-refractivity contribution in [1.82, 2.24) is 4.90 Å². The quantitative estimate of drug-likeness (QED) is 0.744. The van der Waals surface area contributed by atoms with Gasteiger partial charge in [-0.3, -0.25) is 4.58 Å². The van der Waals surface area contributed by atoms with E-state index in [-0.39, 0.29) is 6.09 Å². The smallest absolute Gasteiger partial charge is 0.426 e. The second-order valence-electron chi connectivity index (χ2n) is 3.98. The fraction of sp³-hybridized carbons (Fsp3) is 0.385. The van der Waals surface area contributed by atoms with Crippen LogP contribution in [0.2, 0.25) is 0 Å². The Hall–Kier alpha value is -1.84. The summed E-state index contributed by atoms with van der Waals surface area (Å²) < 4.78 is 7.32. The average molecular weight is 233 g/mol. The van der Waals surface area contributed by atoms with Gasteiger partial charge < -0.3 is 4.74 Å². The molecule has 1 aliphatic heterocycles. The zero-order chi connectivity index (χ0) is 12.1. The number of hydrogen-bond donors (Lipinski definition) is 0. The van der Waals surface area contributed by atoms with Crippen LogP contribution in [0.4, 0.5) is 4.79 Å². The van der Waals surface area contributed by atoms with Crippen LogP contribution in [0.3, 0.4) is 0 Å². The van der Waals surface area contributed by atoms with Crippen molar-refractivity contribution >= 4 is 12.4 Å². The number of carbonyl (C=O) groups excluding carboxylic acids is 1. The molecule has 0 saturated heterocycles. The Labute approximate surface area is 101 Å². The molecular formula is C13H17N2O2+. The number of amides is 1. The molecule has 17 heavy (non-hydrogen) atoms. The van der Waals surface area contributed by atoms with E-state index in [1.807, 2.05) is 36.7 Å². The lowest BCUT2D eigenvalue weighted by atomic mass is 10.2. The molecule has 1 amide bonds. The van der Waals surface area contributed by atoms with Gasteiger partial charge in [0.25, 0.3) is 0 Å². The lowest BCUT2D eigenvalue weighted by Gasteiger charge is -2.06. The van der Waals surface area contributed by atoms with Crippen molar-refractivity contribution in [3.63, 3.8) is 0 Å². The minimum absolute atomic E-state index is 0.273. The summed E-state index contributed by atoms with van der Waals surface area (Å²) >= 11 is 0. The van der Waals surface area contributed by atoms with Gasteiger partial charge in [0.2, 0.25) is 6.34 Å². The Morgan fingerprint density at radius 3 is 2.82 bits per heavy atom. The molecule has 0 aromatic heterocycles. The molecule has 0 unspecified atom stereocenters. The zero-order valence-electron chi connectivity index (χ0n) is 10.0. The van der Waals surface area contributed by atoms with E-state index in [9.17, 15) is 4.79 Å². The van der Waals surface area contributed by atoms with Gasteiger partial charge in [0, 0.05) is 0 Å². The van der Waals surface area contributed by atoms with Crippen molar-refractivity contribution in [2.75, 3.05) is 19.6 Å². The summed E-state index contributed by atoms with van der Waals surface area (Å²) in [6, 6.07) is 9.70. The Kier molecular flexibility index (Phi) is 3.75. The fourth-order valence-corrected chi connectivity index (χ4v) is 1.73.